The van der Waals surface area contributed by atoms with Crippen molar-refractivity contribution < 1.29 is 24.0 Å². The van der Waals surface area contributed by atoms with Crippen molar-refractivity contribution in [1.82, 2.24) is 4.98 Å². The van der Waals surface area contributed by atoms with Crippen molar-refractivity contribution in [2.75, 3.05) is 4.90 Å². The Hall–Kier alpha value is -4.44. The summed E-state index contributed by atoms with van der Waals surface area (Å²) in [5.41, 5.74) is 1.77. The molecule has 1 fully saturated rings. The van der Waals surface area contributed by atoms with Crippen LogP contribution >= 0.6 is 11.3 Å². The molecule has 174 valence electrons. The van der Waals surface area contributed by atoms with Gasteiger partial charge in [-0.2, -0.15) is 0 Å². The van der Waals surface area contributed by atoms with Crippen LogP contribution in [0.15, 0.2) is 72.3 Å². The number of anilines is 1. The molecule has 0 aliphatic carbocycles. The van der Waals surface area contributed by atoms with Crippen LogP contribution in [0.4, 0.5) is 15.2 Å². The molecular weight excluding hydrogens is 473 g/mol. The highest BCUT2D eigenvalue weighted by Crippen LogP contribution is 2.44. The first-order chi connectivity index (χ1) is 16.7. The van der Waals surface area contributed by atoms with E-state index in [-0.39, 0.29) is 22.0 Å². The Morgan fingerprint density at radius 3 is 2.43 bits per heavy atom. The fourth-order valence-electron chi connectivity index (χ4n) is 4.01. The Kier molecular flexibility index (Phi) is 5.37. The second kappa shape index (κ2) is 8.41. The van der Waals surface area contributed by atoms with Crippen LogP contribution in [-0.2, 0) is 9.59 Å². The second-order valence-electron chi connectivity index (χ2n) is 7.99. The number of aryl methyl sites for hydroxylation is 1. The first-order valence-electron chi connectivity index (χ1n) is 10.4. The Balaban J connectivity index is 1.72. The van der Waals surface area contributed by atoms with Crippen LogP contribution in [0.5, 0.6) is 0 Å². The number of thiazole rings is 1. The lowest BCUT2D eigenvalue weighted by Gasteiger charge is -2.22. The molecule has 1 aromatic heterocycles. The van der Waals surface area contributed by atoms with Gasteiger partial charge in [0.05, 0.1) is 26.8 Å². The van der Waals surface area contributed by atoms with Crippen molar-refractivity contribution in [3.63, 3.8) is 0 Å². The monoisotopic (exact) mass is 489 g/mol. The van der Waals surface area contributed by atoms with Gasteiger partial charge in [0, 0.05) is 17.7 Å². The van der Waals surface area contributed by atoms with Crippen molar-refractivity contribution in [3.8, 4) is 0 Å². The zero-order valence-corrected chi connectivity index (χ0v) is 19.0. The minimum Gasteiger partial charge on any atom is -0.507 e. The quantitative estimate of drug-likeness (QED) is 0.137. The first-order valence-corrected chi connectivity index (χ1v) is 11.2. The van der Waals surface area contributed by atoms with Gasteiger partial charge < -0.3 is 5.11 Å². The van der Waals surface area contributed by atoms with E-state index >= 15 is 0 Å². The van der Waals surface area contributed by atoms with Gasteiger partial charge in [-0.3, -0.25) is 24.6 Å². The fraction of sp³-hybridized carbons (Fsp3) is 0.0800. The number of nitro groups is 1. The SMILES string of the molecule is Cc1ccc2nc(N3C(=O)C(=O)C(=C(O)c4ccc(F)cc4)C3c3ccc([N+](=O)[O-])cc3)sc2c1. The third kappa shape index (κ3) is 3.83. The van der Waals surface area contributed by atoms with Crippen LogP contribution < -0.4 is 4.90 Å². The van der Waals surface area contributed by atoms with E-state index in [0.717, 1.165) is 22.4 Å². The zero-order chi connectivity index (χ0) is 24.9. The number of ketones is 1. The molecule has 0 spiro atoms. The van der Waals surface area contributed by atoms with Crippen molar-refractivity contribution in [3.05, 3.63) is 105 Å². The minimum absolute atomic E-state index is 0.149. The minimum atomic E-state index is -1.09. The average Bonchev–Trinajstić information content (AvgIpc) is 3.37. The largest absolute Gasteiger partial charge is 0.507 e. The first kappa shape index (κ1) is 22.4. The summed E-state index contributed by atoms with van der Waals surface area (Å²) < 4.78 is 14.2. The summed E-state index contributed by atoms with van der Waals surface area (Å²) in [6, 6.07) is 14.7. The molecule has 2 heterocycles. The van der Waals surface area contributed by atoms with E-state index in [1.54, 1.807) is 6.07 Å². The number of hydrogen-bond donors (Lipinski definition) is 1. The number of nitrogens with zero attached hydrogens (tertiary/aromatic N) is 3. The van der Waals surface area contributed by atoms with Gasteiger partial charge in [0.25, 0.3) is 11.5 Å². The van der Waals surface area contributed by atoms with Gasteiger partial charge in [0.15, 0.2) is 5.13 Å². The van der Waals surface area contributed by atoms with Crippen LogP contribution in [0, 0.1) is 22.9 Å². The third-order valence-electron chi connectivity index (χ3n) is 5.72. The maximum absolute atomic E-state index is 13.4. The maximum Gasteiger partial charge on any atom is 0.301 e. The molecule has 1 atom stereocenters. The molecule has 1 N–H and O–H groups in total. The van der Waals surface area contributed by atoms with E-state index in [9.17, 15) is 29.2 Å². The summed E-state index contributed by atoms with van der Waals surface area (Å²) >= 11 is 1.21. The van der Waals surface area contributed by atoms with Gasteiger partial charge in [0.2, 0.25) is 0 Å². The van der Waals surface area contributed by atoms with Crippen molar-refractivity contribution in [1.29, 1.82) is 0 Å². The molecule has 1 amide bonds. The van der Waals surface area contributed by atoms with E-state index in [0.29, 0.717) is 11.1 Å². The summed E-state index contributed by atoms with van der Waals surface area (Å²) in [5, 5.41) is 22.4. The molecule has 35 heavy (non-hydrogen) atoms. The van der Waals surface area contributed by atoms with Crippen LogP contribution in [0.3, 0.4) is 0 Å². The predicted octanol–water partition coefficient (Wildman–Crippen LogP) is 5.28. The summed E-state index contributed by atoms with van der Waals surface area (Å²) in [4.78, 5) is 42.7. The molecule has 4 aromatic rings. The lowest BCUT2D eigenvalue weighted by molar-refractivity contribution is -0.384. The summed E-state index contributed by atoms with van der Waals surface area (Å²) in [7, 11) is 0. The highest BCUT2D eigenvalue weighted by Gasteiger charge is 2.48. The molecule has 1 aliphatic rings. The van der Waals surface area contributed by atoms with Crippen molar-refractivity contribution in [2.24, 2.45) is 0 Å². The molecule has 0 saturated carbocycles. The number of aliphatic hydroxyl groups is 1. The number of benzene rings is 3. The lowest BCUT2D eigenvalue weighted by atomic mass is 9.95. The number of Topliss-reactive ketones (excluding diaryl/α,β-unsaturated/α-hetero) is 1. The van der Waals surface area contributed by atoms with Crippen LogP contribution in [-0.4, -0.2) is 26.7 Å². The van der Waals surface area contributed by atoms with Crippen molar-refractivity contribution in [2.45, 2.75) is 13.0 Å². The fourth-order valence-corrected chi connectivity index (χ4v) is 5.10. The van der Waals surface area contributed by atoms with Gasteiger partial charge in [-0.15, -0.1) is 0 Å². The smallest absolute Gasteiger partial charge is 0.301 e. The number of nitro benzene ring substituents is 1. The van der Waals surface area contributed by atoms with E-state index in [1.807, 2.05) is 19.1 Å². The number of fused-ring (bicyclic) bond motifs is 1. The number of amides is 1. The highest BCUT2D eigenvalue weighted by atomic mass is 32.1. The Labute approximate surface area is 201 Å². The van der Waals surface area contributed by atoms with Crippen LogP contribution in [0.2, 0.25) is 0 Å². The Morgan fingerprint density at radius 2 is 1.77 bits per heavy atom. The zero-order valence-electron chi connectivity index (χ0n) is 18.1. The van der Waals surface area contributed by atoms with E-state index in [1.165, 1.54) is 52.6 Å². The Morgan fingerprint density at radius 1 is 1.09 bits per heavy atom. The molecule has 1 unspecified atom stereocenters. The van der Waals surface area contributed by atoms with E-state index in [4.69, 9.17) is 0 Å². The van der Waals surface area contributed by atoms with Crippen LogP contribution in [0.25, 0.3) is 16.0 Å². The molecule has 0 radical (unpaired) electrons. The number of aromatic nitrogens is 1. The van der Waals surface area contributed by atoms with Gasteiger partial charge in [-0.1, -0.05) is 17.4 Å². The third-order valence-corrected chi connectivity index (χ3v) is 6.74. The topological polar surface area (TPSA) is 114 Å². The number of halogens is 1. The molecule has 8 nitrogen and oxygen atoms in total. The molecule has 1 saturated heterocycles. The summed E-state index contributed by atoms with van der Waals surface area (Å²) in [5.74, 6) is -2.84. The highest BCUT2D eigenvalue weighted by molar-refractivity contribution is 7.22. The molecule has 1 aliphatic heterocycles. The second-order valence-corrected chi connectivity index (χ2v) is 9.00. The van der Waals surface area contributed by atoms with Gasteiger partial charge in [-0.25, -0.2) is 9.37 Å². The van der Waals surface area contributed by atoms with Gasteiger partial charge in [-0.05, 0) is 66.6 Å². The number of rotatable bonds is 4. The van der Waals surface area contributed by atoms with Gasteiger partial charge in [0.1, 0.15) is 11.6 Å². The number of aliphatic hydroxyl groups excluding tert-OH is 1. The molecular formula is C25H16FN3O5S. The number of carbonyl (C=O) groups is 2. The molecule has 3 aromatic carbocycles. The van der Waals surface area contributed by atoms with E-state index in [2.05, 4.69) is 4.98 Å². The lowest BCUT2D eigenvalue weighted by Crippen LogP contribution is -2.29. The number of carbonyl (C=O) groups excluding carboxylic acids is 2. The molecule has 10 heteroatoms. The van der Waals surface area contributed by atoms with Gasteiger partial charge >= 0.3 is 5.91 Å². The summed E-state index contributed by atoms with van der Waals surface area (Å²) in [6.07, 6.45) is 0. The number of non-ortho nitro benzene ring substituents is 1. The number of hydrogen-bond acceptors (Lipinski definition) is 7. The standard InChI is InChI=1S/C25H16FN3O5S/c1-13-2-11-18-19(12-13)35-25(27-18)28-21(14-5-9-17(10-6-14)29(33)34)20(23(31)24(28)32)22(30)15-3-7-16(26)8-4-15/h2-12,21,30H,1H3. The van der Waals surface area contributed by atoms with Crippen LogP contribution in [0.1, 0.15) is 22.7 Å². The predicted molar refractivity (Wildman–Crippen MR) is 129 cm³/mol. The average molecular weight is 489 g/mol. The maximum atomic E-state index is 13.4. The Bertz CT molecular complexity index is 1540. The van der Waals surface area contributed by atoms with E-state index < -0.39 is 34.2 Å². The molecule has 5 rings (SSSR count). The normalized spacial score (nSPS) is 17.3. The summed E-state index contributed by atoms with van der Waals surface area (Å²) in [6.45, 7) is 1.92. The van der Waals surface area contributed by atoms with Crippen molar-refractivity contribution >= 4 is 49.8 Å². The molecule has 0 bridgehead atoms.